The van der Waals surface area contributed by atoms with Crippen LogP contribution in [0.5, 0.6) is 5.75 Å². The van der Waals surface area contributed by atoms with Gasteiger partial charge in [0.15, 0.2) is 0 Å². The van der Waals surface area contributed by atoms with Crippen LogP contribution < -0.4 is 4.90 Å². The molecular weight excluding hydrogens is 573 g/mol. The summed E-state index contributed by atoms with van der Waals surface area (Å²) in [6.07, 6.45) is 8.24. The molecule has 4 aliphatic rings. The van der Waals surface area contributed by atoms with E-state index in [1.165, 1.54) is 18.2 Å². The van der Waals surface area contributed by atoms with Crippen LogP contribution in [0, 0.1) is 17.1 Å². The van der Waals surface area contributed by atoms with E-state index in [1.54, 1.807) is 24.2 Å². The van der Waals surface area contributed by atoms with Crippen molar-refractivity contribution in [3.8, 4) is 34.2 Å². The van der Waals surface area contributed by atoms with Crippen LogP contribution >= 0.6 is 0 Å². The number of anilines is 1. The number of nitrogens with one attached hydrogen (secondary N) is 1. The van der Waals surface area contributed by atoms with Crippen LogP contribution in [0.1, 0.15) is 30.5 Å². The second-order valence-corrected chi connectivity index (χ2v) is 12.2. The van der Waals surface area contributed by atoms with Crippen LogP contribution in [0.4, 0.5) is 10.2 Å². The zero-order chi connectivity index (χ0) is 30.8. The summed E-state index contributed by atoms with van der Waals surface area (Å²) >= 11 is 0. The SMILES string of the molecule is CC(=O)N1CC(n2cc(-c3cc4c(-c5ccc(N6CC7CC(C6)N7Cc6cc(F)ccc6O)nc5)c(C#N)cnc4[nH]3)cn2)C1. The van der Waals surface area contributed by atoms with Crippen LogP contribution in [0.3, 0.4) is 0 Å². The number of halogens is 1. The normalized spacial score (nSPS) is 19.8. The lowest BCUT2D eigenvalue weighted by molar-refractivity contribution is -0.134. The summed E-state index contributed by atoms with van der Waals surface area (Å²) in [7, 11) is 0. The van der Waals surface area contributed by atoms with Crippen molar-refractivity contribution in [3.63, 3.8) is 0 Å². The van der Waals surface area contributed by atoms with Gasteiger partial charge in [-0.15, -0.1) is 0 Å². The second kappa shape index (κ2) is 10.4. The van der Waals surface area contributed by atoms with Crippen LogP contribution in [-0.2, 0) is 11.3 Å². The number of carbonyl (C=O) groups excluding carboxylic acids is 1. The lowest BCUT2D eigenvalue weighted by Gasteiger charge is -2.56. The molecule has 226 valence electrons. The average molecular weight is 604 g/mol. The van der Waals surface area contributed by atoms with E-state index in [1.807, 2.05) is 35.3 Å². The fraction of sp³-hybridized carbons (Fsp3) is 0.303. The highest BCUT2D eigenvalue weighted by Gasteiger charge is 2.45. The number of likely N-dealkylation sites (tertiary alicyclic amines) is 1. The number of aromatic hydroxyl groups is 1. The Morgan fingerprint density at radius 3 is 2.60 bits per heavy atom. The molecule has 4 fully saturated rings. The Labute approximate surface area is 258 Å². The van der Waals surface area contributed by atoms with Crippen molar-refractivity contribution in [2.24, 2.45) is 0 Å². The molecule has 4 saturated heterocycles. The molecule has 2 bridgehead atoms. The van der Waals surface area contributed by atoms with Crippen molar-refractivity contribution in [1.29, 1.82) is 5.26 Å². The topological polar surface area (TPSA) is 130 Å². The van der Waals surface area contributed by atoms with E-state index in [9.17, 15) is 19.6 Å². The first-order valence-corrected chi connectivity index (χ1v) is 15.0. The van der Waals surface area contributed by atoms with Gasteiger partial charge in [0.2, 0.25) is 5.91 Å². The second-order valence-electron chi connectivity index (χ2n) is 12.2. The van der Waals surface area contributed by atoms with Crippen molar-refractivity contribution >= 4 is 22.8 Å². The summed E-state index contributed by atoms with van der Waals surface area (Å²) in [5.41, 5.74) is 5.09. The minimum Gasteiger partial charge on any atom is -0.508 e. The number of nitrogens with zero attached hydrogens (tertiary/aromatic N) is 8. The average Bonchev–Trinajstić information content (AvgIpc) is 3.68. The maximum absolute atomic E-state index is 13.8. The van der Waals surface area contributed by atoms with Gasteiger partial charge in [0.25, 0.3) is 0 Å². The fourth-order valence-electron chi connectivity index (χ4n) is 6.91. The Kier molecular flexibility index (Phi) is 6.32. The summed E-state index contributed by atoms with van der Waals surface area (Å²) in [6, 6.07) is 13.2. The molecule has 2 atom stereocenters. The summed E-state index contributed by atoms with van der Waals surface area (Å²) in [5.74, 6) is 0.719. The minimum atomic E-state index is -0.343. The highest BCUT2D eigenvalue weighted by atomic mass is 19.1. The van der Waals surface area contributed by atoms with Crippen molar-refractivity contribution < 1.29 is 14.3 Å². The van der Waals surface area contributed by atoms with Gasteiger partial charge in [-0.25, -0.2) is 14.4 Å². The van der Waals surface area contributed by atoms with Crippen molar-refractivity contribution in [2.75, 3.05) is 31.1 Å². The number of nitriles is 1. The van der Waals surface area contributed by atoms with Gasteiger partial charge in [-0.3, -0.25) is 14.4 Å². The Bertz CT molecular complexity index is 1980. The van der Waals surface area contributed by atoms with E-state index < -0.39 is 0 Å². The van der Waals surface area contributed by atoms with E-state index >= 15 is 0 Å². The van der Waals surface area contributed by atoms with Gasteiger partial charge in [0.1, 0.15) is 29.1 Å². The molecule has 8 heterocycles. The summed E-state index contributed by atoms with van der Waals surface area (Å²) in [6.45, 7) is 4.99. The number of piperazine rings is 1. The van der Waals surface area contributed by atoms with E-state index in [0.29, 0.717) is 48.5 Å². The summed E-state index contributed by atoms with van der Waals surface area (Å²) in [5, 5.41) is 25.5. The number of aromatic nitrogens is 5. The molecule has 4 aliphatic heterocycles. The van der Waals surface area contributed by atoms with Crippen molar-refractivity contribution in [2.45, 2.75) is 38.0 Å². The first kappa shape index (κ1) is 27.3. The number of H-pyrrole nitrogens is 1. The highest BCUT2D eigenvalue weighted by Crippen LogP contribution is 2.38. The molecule has 45 heavy (non-hydrogen) atoms. The maximum Gasteiger partial charge on any atom is 0.219 e. The third-order valence-corrected chi connectivity index (χ3v) is 9.47. The van der Waals surface area contributed by atoms with Gasteiger partial charge < -0.3 is 19.9 Å². The lowest BCUT2D eigenvalue weighted by Crippen LogP contribution is -2.68. The number of rotatable bonds is 6. The Morgan fingerprint density at radius 1 is 1.04 bits per heavy atom. The number of fused-ring (bicyclic) bond motifs is 3. The number of hydrogen-bond donors (Lipinski definition) is 2. The van der Waals surface area contributed by atoms with Gasteiger partial charge in [-0.1, -0.05) is 0 Å². The highest BCUT2D eigenvalue weighted by molar-refractivity contribution is 5.98. The first-order chi connectivity index (χ1) is 21.8. The molecule has 9 rings (SSSR count). The van der Waals surface area contributed by atoms with E-state index in [4.69, 9.17) is 4.98 Å². The monoisotopic (exact) mass is 603 g/mol. The smallest absolute Gasteiger partial charge is 0.219 e. The number of hydrogen-bond acceptors (Lipinski definition) is 8. The number of amides is 1. The third-order valence-electron chi connectivity index (χ3n) is 9.47. The number of piperidine rings is 1. The molecule has 2 N–H and O–H groups in total. The Hall–Kier alpha value is -5.28. The van der Waals surface area contributed by atoms with Crippen LogP contribution in [0.15, 0.2) is 61.2 Å². The minimum absolute atomic E-state index is 0.0717. The lowest BCUT2D eigenvalue weighted by atomic mass is 9.86. The molecule has 0 saturated carbocycles. The molecule has 1 amide bonds. The number of phenols is 1. The standard InChI is InChI=1S/C33H30FN9O2/c1-19(44)40-17-27(18-40)43-14-23(12-38-43)29-8-28-32(22(9-35)11-37-33(28)39-29)20-2-5-31(36-10-20)41-15-25-7-26(16-41)42(25)13-21-6-24(34)3-4-30(21)45/h2-6,8,10-12,14,25-27,45H,7,13,15-18H2,1H3,(H,37,39). The van der Waals surface area contributed by atoms with E-state index in [-0.39, 0.29) is 23.5 Å². The predicted molar refractivity (Wildman–Crippen MR) is 165 cm³/mol. The zero-order valence-corrected chi connectivity index (χ0v) is 24.6. The van der Waals surface area contributed by atoms with Gasteiger partial charge in [-0.2, -0.15) is 10.4 Å². The molecule has 11 nitrogen and oxygen atoms in total. The van der Waals surface area contributed by atoms with E-state index in [0.717, 1.165) is 53.1 Å². The third kappa shape index (κ3) is 4.67. The molecule has 4 aromatic heterocycles. The number of phenolic OH excluding ortho intramolecular Hbond substituents is 1. The Balaban J connectivity index is 1.01. The van der Waals surface area contributed by atoms with Crippen molar-refractivity contribution in [1.82, 2.24) is 34.5 Å². The number of carbonyl (C=O) groups is 1. The number of aromatic amines is 1. The first-order valence-electron chi connectivity index (χ1n) is 15.0. The largest absolute Gasteiger partial charge is 0.508 e. The molecule has 5 aromatic rings. The van der Waals surface area contributed by atoms with Gasteiger partial charge in [0, 0.05) is 98.0 Å². The zero-order valence-electron chi connectivity index (χ0n) is 24.6. The number of benzene rings is 1. The molecular formula is C33H30FN9O2. The summed E-state index contributed by atoms with van der Waals surface area (Å²) < 4.78 is 15.6. The van der Waals surface area contributed by atoms with Crippen molar-refractivity contribution in [3.05, 3.63) is 78.1 Å². The molecule has 2 unspecified atom stereocenters. The van der Waals surface area contributed by atoms with Crippen LogP contribution in [-0.4, -0.2) is 83.8 Å². The maximum atomic E-state index is 13.8. The van der Waals surface area contributed by atoms with Gasteiger partial charge in [-0.05, 0) is 42.8 Å². The molecule has 1 aromatic carbocycles. The molecule has 0 radical (unpaired) electrons. The summed E-state index contributed by atoms with van der Waals surface area (Å²) in [4.78, 5) is 30.7. The molecule has 0 spiro atoms. The fourth-order valence-corrected chi connectivity index (χ4v) is 6.91. The molecule has 0 aliphatic carbocycles. The van der Waals surface area contributed by atoms with E-state index in [2.05, 4.69) is 30.9 Å². The van der Waals surface area contributed by atoms with Gasteiger partial charge in [0.05, 0.1) is 23.5 Å². The van der Waals surface area contributed by atoms with Crippen LogP contribution in [0.25, 0.3) is 33.4 Å². The predicted octanol–water partition coefficient (Wildman–Crippen LogP) is 4.07. The van der Waals surface area contributed by atoms with Crippen LogP contribution in [0.2, 0.25) is 0 Å². The number of pyridine rings is 2. The Morgan fingerprint density at radius 2 is 1.87 bits per heavy atom. The molecule has 12 heteroatoms. The van der Waals surface area contributed by atoms with Gasteiger partial charge >= 0.3 is 0 Å². The quantitative estimate of drug-likeness (QED) is 0.297.